The Balaban J connectivity index is 1.26. The van der Waals surface area contributed by atoms with E-state index in [1.165, 1.54) is 40.8 Å². The number of benzene rings is 2. The lowest BCUT2D eigenvalue weighted by molar-refractivity contribution is -0.137. The summed E-state index contributed by atoms with van der Waals surface area (Å²) >= 11 is 0. The molecule has 2 aliphatic heterocycles. The molecule has 0 aromatic heterocycles. The van der Waals surface area contributed by atoms with Crippen LogP contribution in [0.15, 0.2) is 47.4 Å². The zero-order chi connectivity index (χ0) is 28.3. The van der Waals surface area contributed by atoms with Gasteiger partial charge in [0.05, 0.1) is 16.5 Å². The van der Waals surface area contributed by atoms with E-state index in [9.17, 15) is 26.4 Å². The van der Waals surface area contributed by atoms with Gasteiger partial charge < -0.3 is 10.6 Å². The summed E-state index contributed by atoms with van der Waals surface area (Å²) in [6, 6.07) is 9.44. The minimum atomic E-state index is -4.65. The molecule has 0 saturated carbocycles. The maximum Gasteiger partial charge on any atom is 0.416 e. The van der Waals surface area contributed by atoms with Crippen molar-refractivity contribution in [1.82, 2.24) is 19.8 Å². The summed E-state index contributed by atoms with van der Waals surface area (Å²) in [4.78, 5) is 15.3. The number of carbonyl (C=O) groups excluding carboxylic acids is 1. The fourth-order valence-electron chi connectivity index (χ4n) is 6.16. The number of alkyl halides is 3. The molecule has 0 radical (unpaired) electrons. The molecule has 0 spiro atoms. The zero-order valence-electron chi connectivity index (χ0n) is 22.5. The number of likely N-dealkylation sites (tertiary alicyclic amines) is 1. The first kappa shape index (κ1) is 29.0. The third-order valence-corrected chi connectivity index (χ3v) is 10.1. The zero-order valence-corrected chi connectivity index (χ0v) is 23.4. The van der Waals surface area contributed by atoms with E-state index in [0.29, 0.717) is 12.6 Å². The number of rotatable bonds is 7. The Morgan fingerprint density at radius 2 is 1.82 bits per heavy atom. The number of halogens is 3. The molecular weight excluding hydrogens is 541 g/mol. The van der Waals surface area contributed by atoms with Gasteiger partial charge in [0.25, 0.3) is 0 Å². The summed E-state index contributed by atoms with van der Waals surface area (Å²) in [6.07, 6.45) is 1.77. The number of carbonyl (C=O) groups is 1. The van der Waals surface area contributed by atoms with Crippen LogP contribution < -0.4 is 10.6 Å². The van der Waals surface area contributed by atoms with Gasteiger partial charge in [-0.05, 0) is 80.1 Å². The summed E-state index contributed by atoms with van der Waals surface area (Å²) in [5, 5.41) is 6.23. The van der Waals surface area contributed by atoms with Crippen molar-refractivity contribution >= 4 is 15.9 Å². The molecule has 0 bridgehead atoms. The summed E-state index contributed by atoms with van der Waals surface area (Å²) in [5.74, 6) is -0.270. The number of nitrogens with one attached hydrogen (secondary N) is 2. The molecule has 11 heteroatoms. The van der Waals surface area contributed by atoms with Crippen LogP contribution in [0, 0.1) is 0 Å². The van der Waals surface area contributed by atoms with Crippen molar-refractivity contribution in [3.63, 3.8) is 0 Å². The number of piperidine rings is 1. The molecule has 218 valence electrons. The molecule has 5 rings (SSSR count). The average molecular weight is 579 g/mol. The molecule has 7 nitrogen and oxygen atoms in total. The Morgan fingerprint density at radius 1 is 1.02 bits per heavy atom. The summed E-state index contributed by atoms with van der Waals surface area (Å²) in [7, 11) is -4.23. The van der Waals surface area contributed by atoms with Gasteiger partial charge in [-0.25, -0.2) is 8.42 Å². The number of nitrogens with zero attached hydrogens (tertiary/aromatic N) is 2. The van der Waals surface area contributed by atoms with Crippen molar-refractivity contribution in [3.05, 3.63) is 64.7 Å². The molecule has 2 N–H and O–H groups in total. The molecule has 2 aromatic carbocycles. The lowest BCUT2D eigenvalue weighted by Gasteiger charge is -2.35. The van der Waals surface area contributed by atoms with E-state index in [1.54, 1.807) is 0 Å². The summed E-state index contributed by atoms with van der Waals surface area (Å²) in [6.45, 7) is 3.87. The quantitative estimate of drug-likeness (QED) is 0.514. The van der Waals surface area contributed by atoms with Crippen LogP contribution in [0.1, 0.15) is 66.8 Å². The van der Waals surface area contributed by atoms with Crippen LogP contribution in [0.5, 0.6) is 0 Å². The van der Waals surface area contributed by atoms with Crippen molar-refractivity contribution in [3.8, 4) is 0 Å². The SMILES string of the molecule is O=C(CC1CNCCN1S(=O)(=O)c1cccc(C(F)(F)F)c1)N[C@@H]1CCCc2cc(CN3CCCCC3)ccc21. The molecule has 2 heterocycles. The van der Waals surface area contributed by atoms with E-state index in [-0.39, 0.29) is 31.5 Å². The van der Waals surface area contributed by atoms with Crippen molar-refractivity contribution in [1.29, 1.82) is 0 Å². The van der Waals surface area contributed by atoms with E-state index < -0.39 is 32.7 Å². The van der Waals surface area contributed by atoms with E-state index in [0.717, 1.165) is 56.6 Å². The van der Waals surface area contributed by atoms with Gasteiger partial charge in [-0.2, -0.15) is 17.5 Å². The molecular formula is C29H37F3N4O3S. The summed E-state index contributed by atoms with van der Waals surface area (Å²) in [5.41, 5.74) is 2.63. The van der Waals surface area contributed by atoms with Gasteiger partial charge in [-0.3, -0.25) is 9.69 Å². The second kappa shape index (κ2) is 12.2. The van der Waals surface area contributed by atoms with Crippen molar-refractivity contribution < 1.29 is 26.4 Å². The van der Waals surface area contributed by atoms with Gasteiger partial charge >= 0.3 is 6.18 Å². The number of fused-ring (bicyclic) bond motifs is 1. The molecule has 1 aliphatic carbocycles. The molecule has 2 aromatic rings. The first-order chi connectivity index (χ1) is 19.1. The Labute approximate surface area is 234 Å². The molecule has 1 amide bonds. The van der Waals surface area contributed by atoms with Gasteiger partial charge in [0, 0.05) is 38.6 Å². The predicted octanol–water partition coefficient (Wildman–Crippen LogP) is 4.24. The average Bonchev–Trinajstić information content (AvgIpc) is 2.93. The molecule has 3 aliphatic rings. The standard InChI is InChI=1S/C29H37F3N4O3S/c30-29(31,32)23-7-5-8-25(17-23)40(38,39)36-15-12-33-19-24(36)18-28(37)34-27-9-4-6-22-16-21(10-11-26(22)27)20-35-13-2-1-3-14-35/h5,7-8,10-11,16-17,24,27,33H,1-4,6,9,12-15,18-20H2,(H,34,37)/t24?,27-/m1/s1. The third-order valence-electron chi connectivity index (χ3n) is 8.20. The van der Waals surface area contributed by atoms with E-state index >= 15 is 0 Å². The van der Waals surface area contributed by atoms with Crippen LogP contribution in [0.3, 0.4) is 0 Å². The molecule has 2 atom stereocenters. The largest absolute Gasteiger partial charge is 0.416 e. The molecule has 1 unspecified atom stereocenters. The first-order valence-electron chi connectivity index (χ1n) is 14.1. The molecule has 40 heavy (non-hydrogen) atoms. The summed E-state index contributed by atoms with van der Waals surface area (Å²) < 4.78 is 67.6. The number of sulfonamides is 1. The Hall–Kier alpha value is -2.47. The number of amides is 1. The van der Waals surface area contributed by atoms with Crippen LogP contribution >= 0.6 is 0 Å². The van der Waals surface area contributed by atoms with Crippen LogP contribution in [0.25, 0.3) is 0 Å². The lowest BCUT2D eigenvalue weighted by atomic mass is 9.86. The van der Waals surface area contributed by atoms with Crippen molar-refractivity contribution in [2.45, 2.75) is 74.6 Å². The van der Waals surface area contributed by atoms with Crippen LogP contribution in [0.2, 0.25) is 0 Å². The van der Waals surface area contributed by atoms with Crippen LogP contribution in [0.4, 0.5) is 13.2 Å². The van der Waals surface area contributed by atoms with E-state index in [2.05, 4.69) is 33.7 Å². The number of piperazine rings is 1. The normalized spacial score (nSPS) is 23.0. The number of hydrogen-bond acceptors (Lipinski definition) is 5. The maximum absolute atomic E-state index is 13.4. The minimum absolute atomic E-state index is 0.0720. The fourth-order valence-corrected chi connectivity index (χ4v) is 7.83. The van der Waals surface area contributed by atoms with E-state index in [4.69, 9.17) is 0 Å². The maximum atomic E-state index is 13.4. The van der Waals surface area contributed by atoms with Gasteiger partial charge in [0.15, 0.2) is 0 Å². The second-order valence-electron chi connectivity index (χ2n) is 11.1. The number of hydrogen-bond donors (Lipinski definition) is 2. The van der Waals surface area contributed by atoms with E-state index in [1.807, 2.05) is 0 Å². The highest BCUT2D eigenvalue weighted by atomic mass is 32.2. The highest BCUT2D eigenvalue weighted by Gasteiger charge is 2.37. The lowest BCUT2D eigenvalue weighted by Crippen LogP contribution is -2.55. The number of aryl methyl sites for hydroxylation is 1. The Kier molecular flexibility index (Phi) is 8.84. The van der Waals surface area contributed by atoms with Gasteiger partial charge in [-0.1, -0.05) is 30.7 Å². The molecule has 2 saturated heterocycles. The van der Waals surface area contributed by atoms with Gasteiger partial charge in [0.2, 0.25) is 15.9 Å². The molecule has 2 fully saturated rings. The highest BCUT2D eigenvalue weighted by Crippen LogP contribution is 2.33. The topological polar surface area (TPSA) is 81.8 Å². The van der Waals surface area contributed by atoms with Crippen molar-refractivity contribution in [2.24, 2.45) is 0 Å². The third kappa shape index (κ3) is 6.70. The predicted molar refractivity (Wildman–Crippen MR) is 146 cm³/mol. The van der Waals surface area contributed by atoms with Gasteiger partial charge in [-0.15, -0.1) is 0 Å². The smallest absolute Gasteiger partial charge is 0.349 e. The Morgan fingerprint density at radius 3 is 2.60 bits per heavy atom. The van der Waals surface area contributed by atoms with Crippen LogP contribution in [-0.2, 0) is 34.0 Å². The second-order valence-corrected chi connectivity index (χ2v) is 13.0. The van der Waals surface area contributed by atoms with Crippen LogP contribution in [-0.4, -0.2) is 62.3 Å². The monoisotopic (exact) mass is 578 g/mol. The first-order valence-corrected chi connectivity index (χ1v) is 15.6. The minimum Gasteiger partial charge on any atom is -0.349 e. The fraction of sp³-hybridized carbons (Fsp3) is 0.552. The Bertz CT molecular complexity index is 1310. The van der Waals surface area contributed by atoms with Crippen molar-refractivity contribution in [2.75, 3.05) is 32.7 Å². The highest BCUT2D eigenvalue weighted by molar-refractivity contribution is 7.89. The van der Waals surface area contributed by atoms with Gasteiger partial charge in [0.1, 0.15) is 0 Å².